The van der Waals surface area contributed by atoms with Crippen LogP contribution < -0.4 is 4.74 Å². The Morgan fingerprint density at radius 3 is 2.53 bits per heavy atom. The third-order valence-corrected chi connectivity index (χ3v) is 8.72. The van der Waals surface area contributed by atoms with Crippen LogP contribution >= 0.6 is 23.2 Å². The van der Waals surface area contributed by atoms with Gasteiger partial charge in [0.2, 0.25) is 5.91 Å². The molecule has 0 bridgehead atoms. The molecule has 4 atom stereocenters. The van der Waals surface area contributed by atoms with Crippen molar-refractivity contribution in [1.82, 2.24) is 9.80 Å². The first-order chi connectivity index (χ1) is 18.0. The molecular weight excluding hydrogens is 527 g/mol. The second kappa shape index (κ2) is 11.6. The van der Waals surface area contributed by atoms with Gasteiger partial charge in [0.05, 0.1) is 16.5 Å². The molecule has 1 unspecified atom stereocenters. The zero-order valence-corrected chi connectivity index (χ0v) is 23.7. The SMILES string of the molecule is CC(=O)Oc1cccc([C@@]23CCN(C)C[C@H]2C(OC(C)=O)C[C@H](N(C)C(=O)Cc2ccc(Cl)c(Cl)c2)C3)c1. The van der Waals surface area contributed by atoms with Gasteiger partial charge in [0.25, 0.3) is 0 Å². The van der Waals surface area contributed by atoms with Crippen LogP contribution in [0.15, 0.2) is 42.5 Å². The van der Waals surface area contributed by atoms with Crippen molar-refractivity contribution in [3.63, 3.8) is 0 Å². The second-order valence-electron chi connectivity index (χ2n) is 10.6. The highest BCUT2D eigenvalue weighted by molar-refractivity contribution is 6.42. The number of esters is 2. The molecule has 0 N–H and O–H groups in total. The summed E-state index contributed by atoms with van der Waals surface area (Å²) in [6.07, 6.45) is 1.89. The average Bonchev–Trinajstić information content (AvgIpc) is 2.85. The number of piperidine rings is 1. The maximum Gasteiger partial charge on any atom is 0.308 e. The van der Waals surface area contributed by atoms with E-state index < -0.39 is 0 Å². The van der Waals surface area contributed by atoms with Crippen LogP contribution in [0.3, 0.4) is 0 Å². The molecule has 0 radical (unpaired) electrons. The molecular formula is C29H34Cl2N2O5. The number of carbonyl (C=O) groups excluding carboxylic acids is 3. The number of benzene rings is 2. The highest BCUT2D eigenvalue weighted by atomic mass is 35.5. The lowest BCUT2D eigenvalue weighted by atomic mass is 9.56. The quantitative estimate of drug-likeness (QED) is 0.369. The Hall–Kier alpha value is -2.61. The van der Waals surface area contributed by atoms with Crippen molar-refractivity contribution in [3.8, 4) is 5.75 Å². The van der Waals surface area contributed by atoms with Crippen LogP contribution in [-0.4, -0.2) is 67.0 Å². The van der Waals surface area contributed by atoms with Gasteiger partial charge in [0, 0.05) is 51.2 Å². The Morgan fingerprint density at radius 2 is 1.84 bits per heavy atom. The van der Waals surface area contributed by atoms with E-state index in [2.05, 4.69) is 18.0 Å². The van der Waals surface area contributed by atoms with Crippen LogP contribution in [0.1, 0.15) is 44.2 Å². The molecule has 4 rings (SSSR count). The molecule has 0 aromatic heterocycles. The van der Waals surface area contributed by atoms with Crippen molar-refractivity contribution in [3.05, 3.63) is 63.6 Å². The number of nitrogens with zero attached hydrogens (tertiary/aromatic N) is 2. The summed E-state index contributed by atoms with van der Waals surface area (Å²) < 4.78 is 11.3. The summed E-state index contributed by atoms with van der Waals surface area (Å²) in [4.78, 5) is 41.3. The van der Waals surface area contributed by atoms with Gasteiger partial charge < -0.3 is 19.3 Å². The molecule has 2 aliphatic rings. The van der Waals surface area contributed by atoms with Crippen molar-refractivity contribution >= 4 is 41.0 Å². The van der Waals surface area contributed by atoms with E-state index in [1.54, 1.807) is 29.2 Å². The lowest BCUT2D eigenvalue weighted by Gasteiger charge is -2.56. The third kappa shape index (κ3) is 6.16. The van der Waals surface area contributed by atoms with E-state index in [0.717, 1.165) is 30.6 Å². The Bertz CT molecular complexity index is 1220. The number of likely N-dealkylation sites (tertiary alicyclic amines) is 1. The molecule has 1 heterocycles. The van der Waals surface area contributed by atoms with Crippen LogP contribution in [0.4, 0.5) is 0 Å². The van der Waals surface area contributed by atoms with E-state index in [4.69, 9.17) is 32.7 Å². The van der Waals surface area contributed by atoms with Gasteiger partial charge in [-0.3, -0.25) is 14.4 Å². The average molecular weight is 562 g/mol. The molecule has 1 saturated heterocycles. The molecule has 2 aromatic carbocycles. The largest absolute Gasteiger partial charge is 0.462 e. The molecule has 204 valence electrons. The highest BCUT2D eigenvalue weighted by Crippen LogP contribution is 2.51. The summed E-state index contributed by atoms with van der Waals surface area (Å²) in [6, 6.07) is 12.7. The van der Waals surface area contributed by atoms with Gasteiger partial charge in [-0.25, -0.2) is 0 Å². The summed E-state index contributed by atoms with van der Waals surface area (Å²) in [5.74, 6) is -0.266. The number of rotatable bonds is 6. The normalized spacial score (nSPS) is 25.3. The van der Waals surface area contributed by atoms with Crippen molar-refractivity contribution in [2.24, 2.45) is 5.92 Å². The summed E-state index contributed by atoms with van der Waals surface area (Å²) in [5.41, 5.74) is 1.44. The van der Waals surface area contributed by atoms with Crippen LogP contribution in [-0.2, 0) is 31.0 Å². The van der Waals surface area contributed by atoms with Gasteiger partial charge in [-0.2, -0.15) is 0 Å². The fraction of sp³-hybridized carbons (Fsp3) is 0.483. The van der Waals surface area contributed by atoms with E-state index in [1.807, 2.05) is 19.2 Å². The Labute approximate surface area is 234 Å². The number of hydrogen-bond acceptors (Lipinski definition) is 6. The van der Waals surface area contributed by atoms with E-state index in [-0.39, 0.29) is 47.7 Å². The van der Waals surface area contributed by atoms with E-state index in [1.165, 1.54) is 13.8 Å². The molecule has 7 nitrogen and oxygen atoms in total. The molecule has 0 spiro atoms. The van der Waals surface area contributed by atoms with E-state index in [0.29, 0.717) is 28.6 Å². The van der Waals surface area contributed by atoms with Crippen LogP contribution in [0.2, 0.25) is 10.0 Å². The van der Waals surface area contributed by atoms with Crippen LogP contribution in [0.5, 0.6) is 5.75 Å². The van der Waals surface area contributed by atoms with Gasteiger partial charge in [-0.05, 0) is 61.8 Å². The zero-order valence-electron chi connectivity index (χ0n) is 22.2. The topological polar surface area (TPSA) is 76.2 Å². The minimum absolute atomic E-state index is 0.0209. The van der Waals surface area contributed by atoms with Crippen molar-refractivity contribution in [2.75, 3.05) is 27.2 Å². The molecule has 9 heteroatoms. The summed E-state index contributed by atoms with van der Waals surface area (Å²) in [5, 5.41) is 0.854. The first kappa shape index (κ1) is 28.4. The van der Waals surface area contributed by atoms with E-state index in [9.17, 15) is 14.4 Å². The maximum absolute atomic E-state index is 13.4. The van der Waals surface area contributed by atoms with Gasteiger partial charge in [-0.1, -0.05) is 41.4 Å². The lowest BCUT2D eigenvalue weighted by molar-refractivity contribution is -0.160. The number of carbonyl (C=O) groups is 3. The predicted molar refractivity (Wildman–Crippen MR) is 147 cm³/mol. The standard InChI is InChI=1S/C29H34Cl2N2O5/c1-18(34)37-23-7-5-6-21(14-23)29-10-11-32(3)17-24(29)27(38-19(2)35)15-22(16-29)33(4)28(36)13-20-8-9-25(30)26(31)12-20/h5-9,12,14,22,24,27H,10-11,13,15-17H2,1-4H3/t22-,24-,27?,29-/m0/s1. The fourth-order valence-electron chi connectivity index (χ4n) is 6.14. The van der Waals surface area contributed by atoms with E-state index >= 15 is 0 Å². The molecule has 1 amide bonds. The minimum Gasteiger partial charge on any atom is -0.462 e. The lowest BCUT2D eigenvalue weighted by Crippen LogP contribution is -2.61. The first-order valence-electron chi connectivity index (χ1n) is 12.8. The van der Waals surface area contributed by atoms with Crippen molar-refractivity contribution in [2.45, 2.75) is 57.1 Å². The summed E-state index contributed by atoms with van der Waals surface area (Å²) >= 11 is 12.2. The second-order valence-corrected chi connectivity index (χ2v) is 11.4. The number of amides is 1. The van der Waals surface area contributed by atoms with Gasteiger partial charge in [0.1, 0.15) is 11.9 Å². The monoisotopic (exact) mass is 560 g/mol. The Kier molecular flexibility index (Phi) is 8.70. The molecule has 1 aliphatic carbocycles. The molecule has 2 aromatic rings. The molecule has 1 saturated carbocycles. The van der Waals surface area contributed by atoms with Crippen molar-refractivity contribution < 1.29 is 23.9 Å². The Balaban J connectivity index is 1.69. The fourth-order valence-corrected chi connectivity index (χ4v) is 6.46. The smallest absolute Gasteiger partial charge is 0.308 e. The highest BCUT2D eigenvalue weighted by Gasteiger charge is 2.54. The number of likely N-dealkylation sites (N-methyl/N-ethyl adjacent to an activating group) is 1. The van der Waals surface area contributed by atoms with Crippen LogP contribution in [0.25, 0.3) is 0 Å². The number of hydrogen-bond donors (Lipinski definition) is 0. The van der Waals surface area contributed by atoms with Gasteiger partial charge in [-0.15, -0.1) is 0 Å². The van der Waals surface area contributed by atoms with Gasteiger partial charge in [0.15, 0.2) is 0 Å². The number of fused-ring (bicyclic) bond motifs is 1. The Morgan fingerprint density at radius 1 is 1.08 bits per heavy atom. The zero-order chi connectivity index (χ0) is 27.6. The third-order valence-electron chi connectivity index (χ3n) is 7.98. The first-order valence-corrected chi connectivity index (χ1v) is 13.6. The van der Waals surface area contributed by atoms with Crippen LogP contribution in [0, 0.1) is 5.92 Å². The molecule has 1 aliphatic heterocycles. The number of ether oxygens (including phenoxy) is 2. The minimum atomic E-state index is -0.383. The maximum atomic E-state index is 13.4. The number of halogens is 2. The van der Waals surface area contributed by atoms with Gasteiger partial charge >= 0.3 is 11.9 Å². The van der Waals surface area contributed by atoms with Crippen molar-refractivity contribution in [1.29, 1.82) is 0 Å². The summed E-state index contributed by atoms with van der Waals surface area (Å²) in [7, 11) is 3.89. The predicted octanol–water partition coefficient (Wildman–Crippen LogP) is 4.90. The summed E-state index contributed by atoms with van der Waals surface area (Å²) in [6.45, 7) is 4.42. The molecule has 2 fully saturated rings. The molecule has 38 heavy (non-hydrogen) atoms.